The fourth-order valence-corrected chi connectivity index (χ4v) is 2.02. The lowest BCUT2D eigenvalue weighted by Gasteiger charge is -2.09. The summed E-state index contributed by atoms with van der Waals surface area (Å²) in [6.07, 6.45) is 0. The first-order chi connectivity index (χ1) is 8.04. The van der Waals surface area contributed by atoms with Crippen LogP contribution in [0, 0.1) is 6.92 Å². The van der Waals surface area contributed by atoms with Crippen molar-refractivity contribution in [3.05, 3.63) is 45.5 Å². The predicted octanol–water partition coefficient (Wildman–Crippen LogP) is 4.13. The largest absolute Gasteiger partial charge is 0.399 e. The lowest BCUT2D eigenvalue weighted by molar-refractivity contribution is 1.30. The molecule has 1 aromatic heterocycles. The van der Waals surface area contributed by atoms with Crippen LogP contribution in [0.2, 0.25) is 5.15 Å². The zero-order chi connectivity index (χ0) is 12.4. The molecule has 0 aliphatic carbocycles. The molecule has 0 aliphatic rings. The Kier molecular flexibility index (Phi) is 3.54. The molecule has 2 aromatic rings. The van der Waals surface area contributed by atoms with Gasteiger partial charge in [-0.1, -0.05) is 17.7 Å². The average Bonchev–Trinajstić information content (AvgIpc) is 2.22. The second-order valence-electron chi connectivity index (χ2n) is 3.72. The molecule has 0 spiro atoms. The molecule has 88 valence electrons. The highest BCUT2D eigenvalue weighted by molar-refractivity contribution is 9.10. The molecule has 3 N–H and O–H groups in total. The lowest BCUT2D eigenvalue weighted by Crippen LogP contribution is -1.97. The van der Waals surface area contributed by atoms with Crippen molar-refractivity contribution in [1.29, 1.82) is 0 Å². The maximum absolute atomic E-state index is 5.84. The number of aromatic nitrogens is 1. The monoisotopic (exact) mass is 311 g/mol. The highest BCUT2D eigenvalue weighted by Gasteiger charge is 2.03. The van der Waals surface area contributed by atoms with Gasteiger partial charge in [-0.3, -0.25) is 0 Å². The molecule has 1 aromatic carbocycles. The van der Waals surface area contributed by atoms with E-state index in [2.05, 4.69) is 26.2 Å². The number of nitrogens with zero attached hydrogens (tertiary/aromatic N) is 1. The number of hydrogen-bond acceptors (Lipinski definition) is 3. The lowest BCUT2D eigenvalue weighted by atomic mass is 10.2. The summed E-state index contributed by atoms with van der Waals surface area (Å²) in [4.78, 5) is 4.15. The molecular formula is C12H11BrClN3. The minimum atomic E-state index is 0.372. The van der Waals surface area contributed by atoms with Crippen molar-refractivity contribution >= 4 is 44.7 Å². The maximum atomic E-state index is 5.84. The molecule has 2 rings (SSSR count). The first-order valence-electron chi connectivity index (χ1n) is 5.01. The van der Waals surface area contributed by atoms with Crippen LogP contribution in [0.3, 0.4) is 0 Å². The molecule has 0 atom stereocenters. The van der Waals surface area contributed by atoms with E-state index in [1.165, 1.54) is 0 Å². The van der Waals surface area contributed by atoms with Gasteiger partial charge in [0.05, 0.1) is 5.69 Å². The van der Waals surface area contributed by atoms with E-state index in [-0.39, 0.29) is 0 Å². The smallest absolute Gasteiger partial charge is 0.134 e. The molecule has 1 heterocycles. The van der Waals surface area contributed by atoms with E-state index < -0.39 is 0 Å². The number of benzene rings is 1. The standard InChI is InChI=1S/C12H11BrClN3/c1-7-2-3-9(13)10(4-7)16-12-6-8(15)5-11(14)17-12/h2-6H,1H3,(H3,15,16,17). The van der Waals surface area contributed by atoms with Crippen LogP contribution in [-0.4, -0.2) is 4.98 Å². The number of halogens is 2. The van der Waals surface area contributed by atoms with E-state index in [0.717, 1.165) is 15.7 Å². The number of rotatable bonds is 2. The molecule has 0 amide bonds. The minimum absolute atomic E-state index is 0.372. The summed E-state index contributed by atoms with van der Waals surface area (Å²) < 4.78 is 0.962. The van der Waals surface area contributed by atoms with Gasteiger partial charge in [0.15, 0.2) is 0 Å². The minimum Gasteiger partial charge on any atom is -0.399 e. The van der Waals surface area contributed by atoms with Crippen molar-refractivity contribution in [3.8, 4) is 0 Å². The number of anilines is 3. The molecule has 3 nitrogen and oxygen atoms in total. The molecule has 0 saturated heterocycles. The fraction of sp³-hybridized carbons (Fsp3) is 0.0833. The SMILES string of the molecule is Cc1ccc(Br)c(Nc2cc(N)cc(Cl)n2)c1. The Morgan fingerprint density at radius 2 is 2.06 bits per heavy atom. The Bertz CT molecular complexity index is 537. The van der Waals surface area contributed by atoms with E-state index in [4.69, 9.17) is 17.3 Å². The van der Waals surface area contributed by atoms with Crippen LogP contribution in [0.25, 0.3) is 0 Å². The Labute approximate surface area is 113 Å². The molecule has 0 aliphatic heterocycles. The number of nitrogens with one attached hydrogen (secondary N) is 1. The van der Waals surface area contributed by atoms with Crippen LogP contribution in [0.4, 0.5) is 17.2 Å². The van der Waals surface area contributed by atoms with Gasteiger partial charge in [0.2, 0.25) is 0 Å². The molecule has 17 heavy (non-hydrogen) atoms. The molecule has 0 bridgehead atoms. The normalized spacial score (nSPS) is 10.3. The summed E-state index contributed by atoms with van der Waals surface area (Å²) in [6.45, 7) is 2.03. The van der Waals surface area contributed by atoms with Crippen molar-refractivity contribution in [2.75, 3.05) is 11.1 Å². The molecule has 0 unspecified atom stereocenters. The number of hydrogen-bond donors (Lipinski definition) is 2. The zero-order valence-corrected chi connectivity index (χ0v) is 11.5. The third-order valence-corrected chi connectivity index (χ3v) is 3.09. The summed E-state index contributed by atoms with van der Waals surface area (Å²) in [7, 11) is 0. The average molecular weight is 313 g/mol. The van der Waals surface area contributed by atoms with Crippen molar-refractivity contribution in [2.45, 2.75) is 6.92 Å². The Balaban J connectivity index is 2.34. The summed E-state index contributed by atoms with van der Waals surface area (Å²) in [6, 6.07) is 9.36. The summed E-state index contributed by atoms with van der Waals surface area (Å²) in [5.74, 6) is 0.626. The van der Waals surface area contributed by atoms with Crippen LogP contribution in [0.5, 0.6) is 0 Å². The molecular weight excluding hydrogens is 302 g/mol. The first-order valence-corrected chi connectivity index (χ1v) is 6.18. The van der Waals surface area contributed by atoms with E-state index in [1.807, 2.05) is 25.1 Å². The Morgan fingerprint density at radius 3 is 2.76 bits per heavy atom. The van der Waals surface area contributed by atoms with Crippen LogP contribution in [-0.2, 0) is 0 Å². The van der Waals surface area contributed by atoms with E-state index in [0.29, 0.717) is 16.7 Å². The van der Waals surface area contributed by atoms with E-state index >= 15 is 0 Å². The number of pyridine rings is 1. The molecule has 5 heteroatoms. The Hall–Kier alpha value is -1.26. The highest BCUT2D eigenvalue weighted by Crippen LogP contribution is 2.27. The van der Waals surface area contributed by atoms with E-state index in [9.17, 15) is 0 Å². The third-order valence-electron chi connectivity index (χ3n) is 2.20. The first kappa shape index (κ1) is 12.2. The van der Waals surface area contributed by atoms with Gasteiger partial charge in [0.1, 0.15) is 11.0 Å². The fourth-order valence-electron chi connectivity index (χ4n) is 1.45. The third kappa shape index (κ3) is 3.11. The van der Waals surface area contributed by atoms with Gasteiger partial charge < -0.3 is 11.1 Å². The zero-order valence-electron chi connectivity index (χ0n) is 9.17. The van der Waals surface area contributed by atoms with Crippen LogP contribution < -0.4 is 11.1 Å². The second kappa shape index (κ2) is 4.94. The van der Waals surface area contributed by atoms with Crippen LogP contribution in [0.15, 0.2) is 34.8 Å². The van der Waals surface area contributed by atoms with E-state index in [1.54, 1.807) is 12.1 Å². The second-order valence-corrected chi connectivity index (χ2v) is 4.96. The van der Waals surface area contributed by atoms with Crippen molar-refractivity contribution in [3.63, 3.8) is 0 Å². The molecule has 0 saturated carbocycles. The maximum Gasteiger partial charge on any atom is 0.134 e. The van der Waals surface area contributed by atoms with Gasteiger partial charge >= 0.3 is 0 Å². The van der Waals surface area contributed by atoms with Gasteiger partial charge in [0.25, 0.3) is 0 Å². The van der Waals surface area contributed by atoms with Gasteiger partial charge in [-0.15, -0.1) is 0 Å². The van der Waals surface area contributed by atoms with Crippen molar-refractivity contribution in [1.82, 2.24) is 4.98 Å². The van der Waals surface area contributed by atoms with Crippen molar-refractivity contribution in [2.24, 2.45) is 0 Å². The quantitative estimate of drug-likeness (QED) is 0.820. The van der Waals surface area contributed by atoms with Gasteiger partial charge in [0, 0.05) is 16.2 Å². The predicted molar refractivity (Wildman–Crippen MR) is 75.8 cm³/mol. The number of nitrogen functional groups attached to an aromatic ring is 1. The number of aryl methyl sites for hydroxylation is 1. The van der Waals surface area contributed by atoms with Crippen LogP contribution >= 0.6 is 27.5 Å². The summed E-state index contributed by atoms with van der Waals surface area (Å²) in [5, 5.41) is 3.54. The molecule has 0 radical (unpaired) electrons. The van der Waals surface area contributed by atoms with Crippen LogP contribution in [0.1, 0.15) is 5.56 Å². The summed E-state index contributed by atoms with van der Waals surface area (Å²) in [5.41, 5.74) is 8.37. The topological polar surface area (TPSA) is 50.9 Å². The van der Waals surface area contributed by atoms with Crippen molar-refractivity contribution < 1.29 is 0 Å². The number of nitrogens with two attached hydrogens (primary N) is 1. The molecule has 0 fully saturated rings. The van der Waals surface area contributed by atoms with Gasteiger partial charge in [-0.05, 0) is 46.6 Å². The Morgan fingerprint density at radius 1 is 1.29 bits per heavy atom. The van der Waals surface area contributed by atoms with Gasteiger partial charge in [-0.2, -0.15) is 0 Å². The summed E-state index contributed by atoms with van der Waals surface area (Å²) >= 11 is 9.32. The highest BCUT2D eigenvalue weighted by atomic mass is 79.9. The van der Waals surface area contributed by atoms with Gasteiger partial charge in [-0.25, -0.2) is 4.98 Å².